The first-order valence-electron chi connectivity index (χ1n) is 6.51. The van der Waals surface area contributed by atoms with Gasteiger partial charge in [-0.3, -0.25) is 10.1 Å². The number of benzene rings is 2. The van der Waals surface area contributed by atoms with Crippen molar-refractivity contribution >= 4 is 38.3 Å². The Morgan fingerprint density at radius 2 is 1.87 bits per heavy atom. The van der Waals surface area contributed by atoms with Crippen molar-refractivity contribution in [3.8, 4) is 11.3 Å². The lowest BCUT2D eigenvalue weighted by atomic mass is 10.2. The van der Waals surface area contributed by atoms with Crippen LogP contribution in [0.25, 0.3) is 11.3 Å². The van der Waals surface area contributed by atoms with E-state index in [9.17, 15) is 13.6 Å². The zero-order valence-electron chi connectivity index (χ0n) is 11.5. The standard InChI is InChI=1S/C16H9BrF2N2OS/c17-10-3-6-13(19)12(7-10)15(22)21-16-20-14(8-23-16)9-1-4-11(18)5-2-9/h1-8H,(H,20,21,22). The van der Waals surface area contributed by atoms with E-state index in [2.05, 4.69) is 26.2 Å². The Morgan fingerprint density at radius 3 is 2.61 bits per heavy atom. The Balaban J connectivity index is 1.80. The number of carbonyl (C=O) groups is 1. The lowest BCUT2D eigenvalue weighted by molar-refractivity contribution is 0.102. The summed E-state index contributed by atoms with van der Waals surface area (Å²) in [4.78, 5) is 16.4. The monoisotopic (exact) mass is 394 g/mol. The predicted octanol–water partition coefficient (Wildman–Crippen LogP) is 5.10. The van der Waals surface area contributed by atoms with Gasteiger partial charge in [-0.1, -0.05) is 15.9 Å². The smallest absolute Gasteiger partial charge is 0.260 e. The lowest BCUT2D eigenvalue weighted by Gasteiger charge is -2.03. The topological polar surface area (TPSA) is 42.0 Å². The van der Waals surface area contributed by atoms with Gasteiger partial charge in [0.05, 0.1) is 11.3 Å². The van der Waals surface area contributed by atoms with E-state index in [4.69, 9.17) is 0 Å². The average molecular weight is 395 g/mol. The quantitative estimate of drug-likeness (QED) is 0.670. The van der Waals surface area contributed by atoms with Gasteiger partial charge in [-0.2, -0.15) is 0 Å². The highest BCUT2D eigenvalue weighted by molar-refractivity contribution is 9.10. The molecule has 0 atom stereocenters. The van der Waals surface area contributed by atoms with Crippen molar-refractivity contribution < 1.29 is 13.6 Å². The molecule has 1 heterocycles. The third-order valence-corrected chi connectivity index (χ3v) is 4.29. The van der Waals surface area contributed by atoms with Crippen LogP contribution in [0, 0.1) is 11.6 Å². The van der Waals surface area contributed by atoms with Crippen LogP contribution in [0.5, 0.6) is 0 Å². The summed E-state index contributed by atoms with van der Waals surface area (Å²) in [5.41, 5.74) is 1.27. The number of hydrogen-bond acceptors (Lipinski definition) is 3. The number of amides is 1. The summed E-state index contributed by atoms with van der Waals surface area (Å²) in [6, 6.07) is 10.0. The van der Waals surface area contributed by atoms with E-state index >= 15 is 0 Å². The molecule has 0 aliphatic carbocycles. The first-order chi connectivity index (χ1) is 11.0. The molecule has 23 heavy (non-hydrogen) atoms. The molecule has 3 rings (SSSR count). The molecule has 2 aromatic carbocycles. The predicted molar refractivity (Wildman–Crippen MR) is 89.6 cm³/mol. The van der Waals surface area contributed by atoms with Crippen LogP contribution in [0.1, 0.15) is 10.4 Å². The molecule has 0 fully saturated rings. The van der Waals surface area contributed by atoms with Gasteiger partial charge in [0.15, 0.2) is 5.13 Å². The second kappa shape index (κ2) is 6.55. The average Bonchev–Trinajstić information content (AvgIpc) is 2.99. The van der Waals surface area contributed by atoms with E-state index in [1.54, 1.807) is 17.5 Å². The number of nitrogens with one attached hydrogen (secondary N) is 1. The maximum atomic E-state index is 13.7. The van der Waals surface area contributed by atoms with Crippen LogP contribution in [0.3, 0.4) is 0 Å². The number of aromatic nitrogens is 1. The van der Waals surface area contributed by atoms with Crippen LogP contribution in [0.2, 0.25) is 0 Å². The first kappa shape index (κ1) is 15.8. The number of hydrogen-bond donors (Lipinski definition) is 1. The minimum atomic E-state index is -0.610. The van der Waals surface area contributed by atoms with Crippen molar-refractivity contribution in [2.45, 2.75) is 0 Å². The molecule has 116 valence electrons. The van der Waals surface area contributed by atoms with Crippen molar-refractivity contribution in [1.82, 2.24) is 4.98 Å². The number of carbonyl (C=O) groups excluding carboxylic acids is 1. The zero-order chi connectivity index (χ0) is 16.4. The van der Waals surface area contributed by atoms with E-state index in [0.717, 1.165) is 5.56 Å². The normalized spacial score (nSPS) is 10.6. The fourth-order valence-electron chi connectivity index (χ4n) is 1.92. The Hall–Kier alpha value is -2.12. The van der Waals surface area contributed by atoms with Gasteiger partial charge >= 0.3 is 0 Å². The van der Waals surface area contributed by atoms with Crippen molar-refractivity contribution in [3.63, 3.8) is 0 Å². The summed E-state index contributed by atoms with van der Waals surface area (Å²) in [5, 5.41) is 4.64. The van der Waals surface area contributed by atoms with E-state index in [0.29, 0.717) is 15.3 Å². The summed E-state index contributed by atoms with van der Waals surface area (Å²) in [6.45, 7) is 0. The third kappa shape index (κ3) is 3.62. The summed E-state index contributed by atoms with van der Waals surface area (Å²) < 4.78 is 27.2. The Morgan fingerprint density at radius 1 is 1.13 bits per heavy atom. The van der Waals surface area contributed by atoms with Crippen LogP contribution in [-0.2, 0) is 0 Å². The molecule has 0 bridgehead atoms. The molecule has 7 heteroatoms. The number of thiazole rings is 1. The van der Waals surface area contributed by atoms with Gasteiger partial charge in [0, 0.05) is 15.4 Å². The molecule has 3 nitrogen and oxygen atoms in total. The van der Waals surface area contributed by atoms with E-state index in [1.165, 1.54) is 41.7 Å². The Kier molecular flexibility index (Phi) is 4.49. The molecule has 0 spiro atoms. The molecule has 1 amide bonds. The molecular weight excluding hydrogens is 386 g/mol. The molecule has 0 saturated carbocycles. The van der Waals surface area contributed by atoms with Gasteiger partial charge in [-0.25, -0.2) is 13.8 Å². The maximum absolute atomic E-state index is 13.7. The summed E-state index contributed by atoms with van der Waals surface area (Å²) in [7, 11) is 0. The largest absolute Gasteiger partial charge is 0.298 e. The van der Waals surface area contributed by atoms with Gasteiger partial charge in [0.2, 0.25) is 0 Å². The van der Waals surface area contributed by atoms with E-state index < -0.39 is 11.7 Å². The second-order valence-electron chi connectivity index (χ2n) is 4.62. The third-order valence-electron chi connectivity index (χ3n) is 3.04. The number of halogens is 3. The molecule has 1 aromatic heterocycles. The zero-order valence-corrected chi connectivity index (χ0v) is 13.9. The Labute approximate surface area is 143 Å². The fourth-order valence-corrected chi connectivity index (χ4v) is 3.00. The number of nitrogens with zero attached hydrogens (tertiary/aromatic N) is 1. The van der Waals surface area contributed by atoms with Crippen molar-refractivity contribution in [1.29, 1.82) is 0 Å². The minimum absolute atomic E-state index is 0.0714. The van der Waals surface area contributed by atoms with Gasteiger partial charge < -0.3 is 0 Å². The highest BCUT2D eigenvalue weighted by atomic mass is 79.9. The molecular formula is C16H9BrF2N2OS. The van der Waals surface area contributed by atoms with Crippen LogP contribution in [0.15, 0.2) is 52.3 Å². The molecule has 0 aliphatic rings. The first-order valence-corrected chi connectivity index (χ1v) is 8.18. The van der Waals surface area contributed by atoms with E-state index in [-0.39, 0.29) is 11.4 Å². The molecule has 0 saturated heterocycles. The summed E-state index contributed by atoms with van der Waals surface area (Å²) in [6.07, 6.45) is 0. The van der Waals surface area contributed by atoms with Gasteiger partial charge in [0.1, 0.15) is 11.6 Å². The Bertz CT molecular complexity index is 865. The number of anilines is 1. The molecule has 0 radical (unpaired) electrons. The summed E-state index contributed by atoms with van der Waals surface area (Å²) in [5.74, 6) is -1.52. The van der Waals surface area contributed by atoms with Crippen LogP contribution in [-0.4, -0.2) is 10.9 Å². The van der Waals surface area contributed by atoms with Crippen LogP contribution >= 0.6 is 27.3 Å². The summed E-state index contributed by atoms with van der Waals surface area (Å²) >= 11 is 4.41. The van der Waals surface area contributed by atoms with Gasteiger partial charge in [0.25, 0.3) is 5.91 Å². The minimum Gasteiger partial charge on any atom is -0.298 e. The van der Waals surface area contributed by atoms with Crippen molar-refractivity contribution in [2.24, 2.45) is 0 Å². The lowest BCUT2D eigenvalue weighted by Crippen LogP contribution is -2.13. The highest BCUT2D eigenvalue weighted by Crippen LogP contribution is 2.26. The van der Waals surface area contributed by atoms with Crippen molar-refractivity contribution in [3.05, 3.63) is 69.5 Å². The van der Waals surface area contributed by atoms with E-state index in [1.807, 2.05) is 0 Å². The number of rotatable bonds is 3. The molecule has 0 aliphatic heterocycles. The molecule has 3 aromatic rings. The molecule has 1 N–H and O–H groups in total. The maximum Gasteiger partial charge on any atom is 0.260 e. The van der Waals surface area contributed by atoms with Gasteiger partial charge in [-0.05, 0) is 42.5 Å². The van der Waals surface area contributed by atoms with Crippen LogP contribution < -0.4 is 5.32 Å². The fraction of sp³-hybridized carbons (Fsp3) is 0. The van der Waals surface area contributed by atoms with Crippen LogP contribution in [0.4, 0.5) is 13.9 Å². The highest BCUT2D eigenvalue weighted by Gasteiger charge is 2.14. The second-order valence-corrected chi connectivity index (χ2v) is 6.40. The van der Waals surface area contributed by atoms with Gasteiger partial charge in [-0.15, -0.1) is 11.3 Å². The van der Waals surface area contributed by atoms with Crippen molar-refractivity contribution in [2.75, 3.05) is 5.32 Å². The molecule has 0 unspecified atom stereocenters. The SMILES string of the molecule is O=C(Nc1nc(-c2ccc(F)cc2)cs1)c1cc(Br)ccc1F.